The Hall–Kier alpha value is 2.24. The fourth-order valence-corrected chi connectivity index (χ4v) is 0. The second-order valence-electron chi connectivity index (χ2n) is 0.202. The van der Waals surface area contributed by atoms with E-state index in [9.17, 15) is 5.46 Å². The van der Waals surface area contributed by atoms with Crippen molar-refractivity contribution in [1.82, 2.24) is 0 Å². The molecule has 0 atom stereocenters. The van der Waals surface area contributed by atoms with Crippen LogP contribution in [0.3, 0.4) is 0 Å². The predicted octanol–water partition coefficient (Wildman–Crippen LogP) is 0.919. The van der Waals surface area contributed by atoms with Crippen molar-refractivity contribution in [2.45, 2.75) is 0 Å². The van der Waals surface area contributed by atoms with Crippen LogP contribution in [0, 0.1) is 0 Å². The van der Waals surface area contributed by atoms with E-state index in [4.69, 9.17) is 0 Å². The third-order valence-electron chi connectivity index (χ3n) is 0. The molecule has 0 saturated carbocycles. The molecule has 0 aromatic carbocycles. The average Bonchev–Trinajstić information content (AvgIpc) is 1.39. The molecular formula is Ca2F4. The van der Waals surface area contributed by atoms with Gasteiger partial charge in [0.2, 0.25) is 0 Å². The molecule has 0 fully saturated rings. The Kier molecular flexibility index (Phi) is 29.0. The Labute approximate surface area is 74.5 Å². The molecule has 6 heavy (non-hydrogen) atoms. The first kappa shape index (κ1) is 11.1. The van der Waals surface area contributed by atoms with E-state index in [1.54, 1.807) is 0 Å². The first-order valence-corrected chi connectivity index (χ1v) is 4.41. The third-order valence-corrected chi connectivity index (χ3v) is 0. The second kappa shape index (κ2) is 15.7. The van der Waals surface area contributed by atoms with E-state index in [1.165, 1.54) is 0 Å². The van der Waals surface area contributed by atoms with Crippen LogP contribution < -0.4 is 0 Å². The summed E-state index contributed by atoms with van der Waals surface area (Å²) < 4.78 is 39.2. The topological polar surface area (TPSA) is 0 Å². The molecule has 0 bridgehead atoms. The summed E-state index contributed by atoms with van der Waals surface area (Å²) in [5.74, 6) is 0. The summed E-state index contributed by atoms with van der Waals surface area (Å²) in [4.78, 5) is 0. The van der Waals surface area contributed by atoms with Crippen LogP contribution >= 0.6 is 0 Å². The zero-order valence-corrected chi connectivity index (χ0v) is 7.34. The van der Waals surface area contributed by atoms with E-state index in [2.05, 4.69) is 0 Å². The summed E-state index contributed by atoms with van der Waals surface area (Å²) in [6.45, 7) is 0. The minimum atomic E-state index is -2.88. The summed E-state index contributed by atoms with van der Waals surface area (Å²) in [6.07, 6.45) is 0. The molecule has 0 N–H and O–H groups in total. The molecule has 0 unspecified atom stereocenters. The van der Waals surface area contributed by atoms with Crippen molar-refractivity contribution in [2.75, 3.05) is 0 Å². The molecular weight excluding hydrogens is 156 g/mol. The molecule has 0 nitrogen and oxygen atoms in total. The Balaban J connectivity index is 0. The SMILES string of the molecule is [F][Ca][F].[F][Ca][F]. The molecule has 0 saturated heterocycles. The van der Waals surface area contributed by atoms with E-state index >= 15 is 0 Å². The van der Waals surface area contributed by atoms with E-state index in [0.717, 1.165) is 0 Å². The number of halogens is 4. The molecule has 0 aromatic rings. The van der Waals surface area contributed by atoms with E-state index in [-0.39, 0.29) is 0 Å². The van der Waals surface area contributed by atoms with Crippen LogP contribution in [-0.2, 0) is 0 Å². The summed E-state index contributed by atoms with van der Waals surface area (Å²) >= 11 is -5.75. The van der Waals surface area contributed by atoms with Gasteiger partial charge in [-0.05, 0) is 0 Å². The van der Waals surface area contributed by atoms with Gasteiger partial charge in [-0.2, -0.15) is 0 Å². The number of rotatable bonds is 0. The number of hydrogen-bond donors (Lipinski definition) is 0. The number of hydrogen-bond acceptors (Lipinski definition) is 0. The molecule has 6 heteroatoms. The Morgan fingerprint density at radius 2 is 0.667 bits per heavy atom. The average molecular weight is 156 g/mol. The van der Waals surface area contributed by atoms with Crippen LogP contribution in [0.2, 0.25) is 0 Å². The van der Waals surface area contributed by atoms with Crippen molar-refractivity contribution in [3.05, 3.63) is 0 Å². The van der Waals surface area contributed by atoms with Crippen molar-refractivity contribution in [2.24, 2.45) is 0 Å². The van der Waals surface area contributed by atoms with Gasteiger partial charge in [0.05, 0.1) is 0 Å². The second-order valence-corrected chi connectivity index (χ2v) is 0.833. The van der Waals surface area contributed by atoms with Crippen molar-refractivity contribution in [3.8, 4) is 0 Å². The standard InChI is InChI=1S/2Ca.4FH/h;;4*1H/q2*+2;;;;/p-4. The fourth-order valence-electron chi connectivity index (χ4n) is 0. The third kappa shape index (κ3) is 34.2. The summed E-state index contributed by atoms with van der Waals surface area (Å²) in [5.41, 5.74) is 0. The Bertz CT molecular complexity index is 7.51. The van der Waals surface area contributed by atoms with Crippen molar-refractivity contribution < 1.29 is 5.46 Å². The van der Waals surface area contributed by atoms with Gasteiger partial charge in [-0.25, -0.2) is 0 Å². The quantitative estimate of drug-likeness (QED) is 0.361. The van der Waals surface area contributed by atoms with Gasteiger partial charge in [0.15, 0.2) is 0 Å². The van der Waals surface area contributed by atoms with Crippen LogP contribution in [0.5, 0.6) is 0 Å². The maximum absolute atomic E-state index is 9.81. The molecule has 0 heterocycles. The minimum absolute atomic E-state index is 2.88. The molecule has 32 valence electrons. The van der Waals surface area contributed by atoms with Crippen LogP contribution in [0.25, 0.3) is 0 Å². The van der Waals surface area contributed by atoms with Gasteiger partial charge >= 0.3 is 76.2 Å². The van der Waals surface area contributed by atoms with Gasteiger partial charge in [-0.3, -0.25) is 0 Å². The van der Waals surface area contributed by atoms with Crippen molar-refractivity contribution >= 4 is 70.8 Å². The van der Waals surface area contributed by atoms with Gasteiger partial charge in [-0.15, -0.1) is 0 Å². The zero-order valence-electron chi connectivity index (χ0n) is 2.93. The maximum atomic E-state index is 9.81. The monoisotopic (exact) mass is 156 g/mol. The Morgan fingerprint density at radius 3 is 0.667 bits per heavy atom. The summed E-state index contributed by atoms with van der Waals surface area (Å²) in [5, 5.41) is 0. The molecule has 0 aliphatic heterocycles. The summed E-state index contributed by atoms with van der Waals surface area (Å²) in [7, 11) is 0. The van der Waals surface area contributed by atoms with E-state index in [0.29, 0.717) is 0 Å². The van der Waals surface area contributed by atoms with Crippen LogP contribution in [0.1, 0.15) is 0 Å². The van der Waals surface area contributed by atoms with Crippen molar-refractivity contribution in [3.63, 3.8) is 0 Å². The molecule has 0 aliphatic carbocycles. The van der Waals surface area contributed by atoms with E-state index < -0.39 is 70.8 Å². The summed E-state index contributed by atoms with van der Waals surface area (Å²) in [6, 6.07) is 0. The first-order valence-electron chi connectivity index (χ1n) is 1.07. The van der Waals surface area contributed by atoms with Gasteiger partial charge in [0.25, 0.3) is 0 Å². The molecule has 0 rings (SSSR count). The van der Waals surface area contributed by atoms with Crippen LogP contribution in [0.4, 0.5) is 5.46 Å². The Morgan fingerprint density at radius 1 is 0.667 bits per heavy atom. The molecule has 0 spiro atoms. The van der Waals surface area contributed by atoms with Gasteiger partial charge in [0.1, 0.15) is 0 Å². The molecule has 0 amide bonds. The van der Waals surface area contributed by atoms with Gasteiger partial charge < -0.3 is 0 Å². The first-order chi connectivity index (χ1) is 2.83. The van der Waals surface area contributed by atoms with Gasteiger partial charge in [0, 0.05) is 0 Å². The van der Waals surface area contributed by atoms with Crippen molar-refractivity contribution in [1.29, 1.82) is 0 Å². The normalized spacial score (nSPS) is 3.33. The van der Waals surface area contributed by atoms with E-state index in [1.807, 2.05) is 0 Å². The van der Waals surface area contributed by atoms with Gasteiger partial charge in [-0.1, -0.05) is 0 Å². The predicted molar refractivity (Wildman–Crippen MR) is 15.9 cm³/mol. The molecule has 0 radical (unpaired) electrons. The van der Waals surface area contributed by atoms with Crippen LogP contribution in [-0.4, -0.2) is 70.8 Å². The molecule has 0 aliphatic rings. The fraction of sp³-hybridized carbons (Fsp3) is 0. The molecule has 0 aromatic heterocycles. The zero-order chi connectivity index (χ0) is 5.41. The van der Waals surface area contributed by atoms with Crippen LogP contribution in [0.15, 0.2) is 0 Å².